The molecule has 0 saturated carbocycles. The van der Waals surface area contributed by atoms with Gasteiger partial charge >= 0.3 is 5.97 Å². The van der Waals surface area contributed by atoms with E-state index in [-0.39, 0.29) is 17.5 Å². The molecule has 0 saturated heterocycles. The van der Waals surface area contributed by atoms with Gasteiger partial charge in [0, 0.05) is 21.6 Å². The Morgan fingerprint density at radius 2 is 2.05 bits per heavy atom. The molecule has 0 aliphatic carbocycles. The third kappa shape index (κ3) is 3.36. The molecule has 0 unspecified atom stereocenters. The van der Waals surface area contributed by atoms with Crippen LogP contribution in [-0.4, -0.2) is 21.6 Å². The molecule has 21 heavy (non-hydrogen) atoms. The fourth-order valence-electron chi connectivity index (χ4n) is 1.99. The second kappa shape index (κ2) is 6.03. The Morgan fingerprint density at radius 1 is 1.38 bits per heavy atom. The molecule has 2 aromatic rings. The summed E-state index contributed by atoms with van der Waals surface area (Å²) in [5.74, 6) is -1.37. The summed E-state index contributed by atoms with van der Waals surface area (Å²) in [6.45, 7) is 5.75. The highest BCUT2D eigenvalue weighted by atomic mass is 79.9. The number of carboxylic acids is 1. The normalized spacial score (nSPS) is 10.9. The topological polar surface area (TPSA) is 71.3 Å². The fraction of sp³-hybridized carbons (Fsp3) is 0.286. The molecule has 2 aromatic heterocycles. The quantitative estimate of drug-likeness (QED) is 0.848. The summed E-state index contributed by atoms with van der Waals surface area (Å²) in [5.41, 5.74) is 0.604. The van der Waals surface area contributed by atoms with Crippen molar-refractivity contribution in [3.05, 3.63) is 38.9 Å². The lowest BCUT2D eigenvalue weighted by molar-refractivity contribution is 0.0698. The van der Waals surface area contributed by atoms with E-state index in [4.69, 9.17) is 5.11 Å². The van der Waals surface area contributed by atoms with Gasteiger partial charge in [-0.2, -0.15) is 0 Å². The Hall–Kier alpha value is -1.60. The maximum atomic E-state index is 12.4. The molecule has 5 nitrogen and oxygen atoms in total. The Kier molecular flexibility index (Phi) is 4.53. The number of amides is 1. The molecular weight excluding hydrogens is 356 g/mol. The molecule has 1 amide bonds. The van der Waals surface area contributed by atoms with Gasteiger partial charge in [-0.15, -0.1) is 11.3 Å². The van der Waals surface area contributed by atoms with E-state index in [1.165, 1.54) is 11.3 Å². The first-order chi connectivity index (χ1) is 9.79. The van der Waals surface area contributed by atoms with Crippen molar-refractivity contribution in [3.63, 3.8) is 0 Å². The third-order valence-corrected chi connectivity index (χ3v) is 4.32. The van der Waals surface area contributed by atoms with Crippen LogP contribution in [0.3, 0.4) is 0 Å². The number of aryl methyl sites for hydroxylation is 1. The summed E-state index contributed by atoms with van der Waals surface area (Å²) in [6, 6.07) is 3.40. The largest absolute Gasteiger partial charge is 0.478 e. The first kappa shape index (κ1) is 15.8. The summed E-state index contributed by atoms with van der Waals surface area (Å²) in [5, 5.41) is 12.2. The first-order valence-corrected chi connectivity index (χ1v) is 7.93. The molecule has 0 radical (unpaired) electrons. The SMILES string of the molecule is Cc1cc(C(=O)O)c(NC(=O)c2cc(Br)cn2C(C)C)s1. The molecule has 2 rings (SSSR count). The van der Waals surface area contributed by atoms with Crippen LogP contribution in [0.5, 0.6) is 0 Å². The number of nitrogens with zero attached hydrogens (tertiary/aromatic N) is 1. The minimum absolute atomic E-state index is 0.118. The molecule has 0 fully saturated rings. The van der Waals surface area contributed by atoms with Crippen molar-refractivity contribution in [2.45, 2.75) is 26.8 Å². The van der Waals surface area contributed by atoms with E-state index in [0.717, 1.165) is 9.35 Å². The number of halogens is 1. The minimum atomic E-state index is -1.05. The van der Waals surface area contributed by atoms with Crippen molar-refractivity contribution < 1.29 is 14.7 Å². The van der Waals surface area contributed by atoms with E-state index in [1.54, 1.807) is 19.1 Å². The zero-order valence-electron chi connectivity index (χ0n) is 11.8. The number of carbonyl (C=O) groups excluding carboxylic acids is 1. The van der Waals surface area contributed by atoms with Crippen LogP contribution in [0.15, 0.2) is 22.8 Å². The van der Waals surface area contributed by atoms with Crippen LogP contribution >= 0.6 is 27.3 Å². The predicted molar refractivity (Wildman–Crippen MR) is 86.5 cm³/mol. The van der Waals surface area contributed by atoms with Gasteiger partial charge in [-0.1, -0.05) is 0 Å². The van der Waals surface area contributed by atoms with Crippen molar-refractivity contribution in [3.8, 4) is 0 Å². The molecule has 2 N–H and O–H groups in total. The number of anilines is 1. The molecule has 0 aliphatic heterocycles. The summed E-state index contributed by atoms with van der Waals surface area (Å²) in [7, 11) is 0. The lowest BCUT2D eigenvalue weighted by Gasteiger charge is -2.12. The lowest BCUT2D eigenvalue weighted by Crippen LogP contribution is -2.18. The van der Waals surface area contributed by atoms with Gasteiger partial charge in [-0.25, -0.2) is 4.79 Å². The molecule has 0 aromatic carbocycles. The number of hydrogen-bond acceptors (Lipinski definition) is 3. The van der Waals surface area contributed by atoms with Crippen LogP contribution in [-0.2, 0) is 0 Å². The van der Waals surface area contributed by atoms with Crippen molar-refractivity contribution in [1.29, 1.82) is 0 Å². The van der Waals surface area contributed by atoms with E-state index in [0.29, 0.717) is 10.7 Å². The van der Waals surface area contributed by atoms with E-state index >= 15 is 0 Å². The van der Waals surface area contributed by atoms with E-state index in [9.17, 15) is 9.59 Å². The van der Waals surface area contributed by atoms with E-state index in [2.05, 4.69) is 21.2 Å². The molecule has 0 spiro atoms. The second-order valence-electron chi connectivity index (χ2n) is 4.90. The van der Waals surface area contributed by atoms with Gasteiger partial charge in [-0.3, -0.25) is 4.79 Å². The smallest absolute Gasteiger partial charge is 0.338 e. The molecule has 0 atom stereocenters. The standard InChI is InChI=1S/C14H15BrN2O3S/c1-7(2)17-6-9(15)5-11(17)12(18)16-13-10(14(19)20)4-8(3)21-13/h4-7H,1-3H3,(H,16,18)(H,19,20). The molecule has 7 heteroatoms. The van der Waals surface area contributed by atoms with Crippen molar-refractivity contribution >= 4 is 44.1 Å². The van der Waals surface area contributed by atoms with Gasteiger partial charge < -0.3 is 15.0 Å². The number of aromatic nitrogens is 1. The second-order valence-corrected chi connectivity index (χ2v) is 7.08. The maximum Gasteiger partial charge on any atom is 0.338 e. The van der Waals surface area contributed by atoms with Crippen LogP contribution in [0, 0.1) is 6.92 Å². The number of aromatic carboxylic acids is 1. The fourth-order valence-corrected chi connectivity index (χ4v) is 3.32. The summed E-state index contributed by atoms with van der Waals surface area (Å²) in [4.78, 5) is 24.4. The van der Waals surface area contributed by atoms with E-state index in [1.807, 2.05) is 24.6 Å². The highest BCUT2D eigenvalue weighted by Gasteiger charge is 2.20. The van der Waals surface area contributed by atoms with Gasteiger partial charge in [0.25, 0.3) is 5.91 Å². The van der Waals surface area contributed by atoms with Gasteiger partial charge in [0.2, 0.25) is 0 Å². The highest BCUT2D eigenvalue weighted by molar-refractivity contribution is 9.10. The van der Waals surface area contributed by atoms with Crippen molar-refractivity contribution in [2.75, 3.05) is 5.32 Å². The lowest BCUT2D eigenvalue weighted by atomic mass is 10.3. The van der Waals surface area contributed by atoms with Crippen LogP contribution in [0.25, 0.3) is 0 Å². The van der Waals surface area contributed by atoms with Gasteiger partial charge in [-0.05, 0) is 48.8 Å². The average molecular weight is 371 g/mol. The Bertz CT molecular complexity index is 703. The van der Waals surface area contributed by atoms with Crippen LogP contribution in [0.1, 0.15) is 45.6 Å². The molecule has 112 valence electrons. The maximum absolute atomic E-state index is 12.4. The number of hydrogen-bond donors (Lipinski definition) is 2. The Balaban J connectivity index is 2.33. The number of thiophene rings is 1. The molecule has 2 heterocycles. The number of rotatable bonds is 4. The monoisotopic (exact) mass is 370 g/mol. The zero-order valence-corrected chi connectivity index (χ0v) is 14.2. The van der Waals surface area contributed by atoms with Crippen molar-refractivity contribution in [2.24, 2.45) is 0 Å². The van der Waals surface area contributed by atoms with Crippen LogP contribution < -0.4 is 5.32 Å². The third-order valence-electron chi connectivity index (χ3n) is 2.92. The Labute approximate surface area is 134 Å². The number of nitrogens with one attached hydrogen (secondary N) is 1. The van der Waals surface area contributed by atoms with Gasteiger partial charge in [0.15, 0.2) is 0 Å². The number of carbonyl (C=O) groups is 2. The molecule has 0 aliphatic rings. The Morgan fingerprint density at radius 3 is 2.62 bits per heavy atom. The summed E-state index contributed by atoms with van der Waals surface area (Å²) >= 11 is 4.61. The van der Waals surface area contributed by atoms with Crippen molar-refractivity contribution in [1.82, 2.24) is 4.57 Å². The van der Waals surface area contributed by atoms with Crippen LogP contribution in [0.2, 0.25) is 0 Å². The predicted octanol–water partition coefficient (Wildman–Crippen LogP) is 4.15. The highest BCUT2D eigenvalue weighted by Crippen LogP contribution is 2.29. The number of carboxylic acid groups (broad SMARTS) is 1. The van der Waals surface area contributed by atoms with E-state index < -0.39 is 5.97 Å². The summed E-state index contributed by atoms with van der Waals surface area (Å²) < 4.78 is 2.64. The molecule has 0 bridgehead atoms. The van der Waals surface area contributed by atoms with Gasteiger partial charge in [0.1, 0.15) is 10.7 Å². The summed E-state index contributed by atoms with van der Waals surface area (Å²) in [6.07, 6.45) is 1.83. The average Bonchev–Trinajstić information content (AvgIpc) is 2.92. The van der Waals surface area contributed by atoms with Gasteiger partial charge in [0.05, 0.1) is 5.56 Å². The zero-order chi connectivity index (χ0) is 15.7. The van der Waals surface area contributed by atoms with Crippen LogP contribution in [0.4, 0.5) is 5.00 Å². The first-order valence-electron chi connectivity index (χ1n) is 6.32. The molecular formula is C14H15BrN2O3S. The minimum Gasteiger partial charge on any atom is -0.478 e.